The quantitative estimate of drug-likeness (QED) is 0.552. The summed E-state index contributed by atoms with van der Waals surface area (Å²) in [5, 5.41) is 17.4. The maximum Gasteiger partial charge on any atom is 0.162 e. The van der Waals surface area contributed by atoms with E-state index in [1.54, 1.807) is 19.1 Å². The highest BCUT2D eigenvalue weighted by atomic mass is 16.8. The molecule has 0 saturated carbocycles. The third-order valence-electron chi connectivity index (χ3n) is 1.72. The van der Waals surface area contributed by atoms with Gasteiger partial charge >= 0.3 is 0 Å². The molecule has 2 N–H and O–H groups in total. The maximum absolute atomic E-state index is 11.2. The van der Waals surface area contributed by atoms with Gasteiger partial charge in [0.05, 0.1) is 5.69 Å². The summed E-state index contributed by atoms with van der Waals surface area (Å²) in [6.07, 6.45) is 0.403. The number of nitrogens with zero attached hydrogens (tertiary/aromatic N) is 1. The molecule has 0 fully saturated rings. The fourth-order valence-corrected chi connectivity index (χ4v) is 1.01. The average Bonchev–Trinajstić information content (AvgIpc) is 2.17. The van der Waals surface area contributed by atoms with Gasteiger partial charge in [0.2, 0.25) is 0 Å². The van der Waals surface area contributed by atoms with Crippen molar-refractivity contribution in [2.24, 2.45) is 0 Å². The molecule has 0 aliphatic heterocycles. The molecule has 0 amide bonds. The van der Waals surface area contributed by atoms with Gasteiger partial charge in [-0.05, 0) is 12.1 Å². The Balaban J connectivity index is 2.98. The van der Waals surface area contributed by atoms with Gasteiger partial charge in [0.25, 0.3) is 0 Å². The summed E-state index contributed by atoms with van der Waals surface area (Å²) >= 11 is 0. The molecule has 13 heavy (non-hydrogen) atoms. The van der Waals surface area contributed by atoms with E-state index in [0.717, 1.165) is 0 Å². The van der Waals surface area contributed by atoms with Crippen molar-refractivity contribution in [2.45, 2.75) is 13.3 Å². The Hall–Kier alpha value is -1.39. The molecule has 0 saturated heterocycles. The highest BCUT2D eigenvalue weighted by Crippen LogP contribution is 2.14. The van der Waals surface area contributed by atoms with E-state index < -0.39 is 0 Å². The van der Waals surface area contributed by atoms with Crippen molar-refractivity contribution in [3.8, 4) is 0 Å². The number of hydrogen-bond donors (Lipinski definition) is 2. The summed E-state index contributed by atoms with van der Waals surface area (Å²) in [7, 11) is 0. The van der Waals surface area contributed by atoms with E-state index >= 15 is 0 Å². The first-order valence-electron chi connectivity index (χ1n) is 3.96. The Morgan fingerprint density at radius 3 is 2.69 bits per heavy atom. The van der Waals surface area contributed by atoms with Crippen LogP contribution in [-0.4, -0.2) is 16.2 Å². The highest BCUT2D eigenvalue weighted by Gasteiger charge is 2.05. The minimum Gasteiger partial charge on any atom is -0.294 e. The van der Waals surface area contributed by atoms with Crippen molar-refractivity contribution in [3.05, 3.63) is 29.8 Å². The van der Waals surface area contributed by atoms with Crippen LogP contribution in [-0.2, 0) is 0 Å². The summed E-state index contributed by atoms with van der Waals surface area (Å²) in [6.45, 7) is 1.75. The normalized spacial score (nSPS) is 9.77. The van der Waals surface area contributed by atoms with Crippen molar-refractivity contribution in [1.82, 2.24) is 0 Å². The van der Waals surface area contributed by atoms with E-state index in [4.69, 9.17) is 10.4 Å². The van der Waals surface area contributed by atoms with Gasteiger partial charge in [0, 0.05) is 12.0 Å². The van der Waals surface area contributed by atoms with E-state index in [1.165, 1.54) is 12.1 Å². The standard InChI is InChI=1S/C9H11NO3/c1-2-9(11)7-4-3-5-8(6-7)10(12)13/h3-6,12-13H,2H2,1H3. The molecule has 0 bridgehead atoms. The van der Waals surface area contributed by atoms with E-state index in [0.29, 0.717) is 12.0 Å². The largest absolute Gasteiger partial charge is 0.294 e. The number of carbonyl (C=O) groups is 1. The van der Waals surface area contributed by atoms with Crippen molar-refractivity contribution < 1.29 is 15.2 Å². The number of carbonyl (C=O) groups excluding carboxylic acids is 1. The van der Waals surface area contributed by atoms with Crippen LogP contribution in [0, 0.1) is 0 Å². The molecule has 0 atom stereocenters. The van der Waals surface area contributed by atoms with E-state index in [2.05, 4.69) is 0 Å². The average molecular weight is 181 g/mol. The van der Waals surface area contributed by atoms with Crippen molar-refractivity contribution in [3.63, 3.8) is 0 Å². The van der Waals surface area contributed by atoms with Gasteiger partial charge in [-0.1, -0.05) is 19.1 Å². The molecule has 4 heteroatoms. The van der Waals surface area contributed by atoms with Crippen molar-refractivity contribution in [1.29, 1.82) is 0 Å². The second-order valence-corrected chi connectivity index (χ2v) is 2.62. The van der Waals surface area contributed by atoms with Gasteiger partial charge in [-0.3, -0.25) is 15.2 Å². The summed E-state index contributed by atoms with van der Waals surface area (Å²) in [6, 6.07) is 6.15. The smallest absolute Gasteiger partial charge is 0.162 e. The molecule has 0 spiro atoms. The SMILES string of the molecule is CCC(=O)c1cccc(N(O)O)c1. The first-order chi connectivity index (χ1) is 6.15. The Morgan fingerprint density at radius 2 is 2.15 bits per heavy atom. The van der Waals surface area contributed by atoms with Gasteiger partial charge in [-0.25, -0.2) is 0 Å². The van der Waals surface area contributed by atoms with Crippen LogP contribution in [0.15, 0.2) is 24.3 Å². The fraction of sp³-hybridized carbons (Fsp3) is 0.222. The number of anilines is 1. The number of Topliss-reactive ketones (excluding diaryl/α,β-unsaturated/α-hetero) is 1. The minimum atomic E-state index is -0.0244. The van der Waals surface area contributed by atoms with Crippen LogP contribution in [0.2, 0.25) is 0 Å². The predicted octanol–water partition coefficient (Wildman–Crippen LogP) is 1.86. The summed E-state index contributed by atoms with van der Waals surface area (Å²) in [5.41, 5.74) is 0.660. The molecule has 1 aromatic rings. The molecule has 1 rings (SSSR count). The highest BCUT2D eigenvalue weighted by molar-refractivity contribution is 5.96. The van der Waals surface area contributed by atoms with Crippen LogP contribution >= 0.6 is 0 Å². The summed E-state index contributed by atoms with van der Waals surface area (Å²) < 4.78 is 0. The molecule has 4 nitrogen and oxygen atoms in total. The van der Waals surface area contributed by atoms with Gasteiger partial charge in [0.1, 0.15) is 0 Å². The van der Waals surface area contributed by atoms with E-state index in [1.807, 2.05) is 0 Å². The van der Waals surface area contributed by atoms with Gasteiger partial charge < -0.3 is 0 Å². The van der Waals surface area contributed by atoms with Crippen molar-refractivity contribution in [2.75, 3.05) is 5.23 Å². The summed E-state index contributed by atoms with van der Waals surface area (Å²) in [5.74, 6) is -0.0244. The summed E-state index contributed by atoms with van der Waals surface area (Å²) in [4.78, 5) is 11.2. The molecule has 1 aromatic carbocycles. The Kier molecular flexibility index (Phi) is 3.00. The number of ketones is 1. The van der Waals surface area contributed by atoms with Gasteiger partial charge in [-0.15, -0.1) is 5.23 Å². The number of benzene rings is 1. The second kappa shape index (κ2) is 4.02. The first kappa shape index (κ1) is 9.70. The topological polar surface area (TPSA) is 60.8 Å². The molecule has 0 unspecified atom stereocenters. The second-order valence-electron chi connectivity index (χ2n) is 2.62. The zero-order chi connectivity index (χ0) is 9.84. The molecular formula is C9H11NO3. The monoisotopic (exact) mass is 181 g/mol. The first-order valence-corrected chi connectivity index (χ1v) is 3.96. The fourth-order valence-electron chi connectivity index (χ4n) is 1.01. The van der Waals surface area contributed by atoms with Crippen LogP contribution in [0.1, 0.15) is 23.7 Å². The molecule has 0 aliphatic rings. The lowest BCUT2D eigenvalue weighted by atomic mass is 10.1. The third-order valence-corrected chi connectivity index (χ3v) is 1.72. The molecule has 70 valence electrons. The Bertz CT molecular complexity index is 309. The zero-order valence-corrected chi connectivity index (χ0v) is 7.27. The molecule has 0 aliphatic carbocycles. The molecule has 0 heterocycles. The van der Waals surface area contributed by atoms with Crippen LogP contribution < -0.4 is 5.23 Å². The van der Waals surface area contributed by atoms with Crippen LogP contribution in [0.3, 0.4) is 0 Å². The molecular weight excluding hydrogens is 170 g/mol. The lowest BCUT2D eigenvalue weighted by Gasteiger charge is -2.08. The number of hydrogen-bond acceptors (Lipinski definition) is 4. The van der Waals surface area contributed by atoms with Gasteiger partial charge in [0.15, 0.2) is 5.78 Å². The third kappa shape index (κ3) is 2.27. The Labute approximate surface area is 75.9 Å². The molecule has 0 aromatic heterocycles. The number of rotatable bonds is 3. The van der Waals surface area contributed by atoms with E-state index in [-0.39, 0.29) is 16.7 Å². The van der Waals surface area contributed by atoms with Gasteiger partial charge in [-0.2, -0.15) is 0 Å². The lowest BCUT2D eigenvalue weighted by molar-refractivity contribution is 0.0291. The van der Waals surface area contributed by atoms with Crippen LogP contribution in [0.5, 0.6) is 0 Å². The zero-order valence-electron chi connectivity index (χ0n) is 7.27. The minimum absolute atomic E-state index is 0.00750. The Morgan fingerprint density at radius 1 is 1.46 bits per heavy atom. The van der Waals surface area contributed by atoms with E-state index in [9.17, 15) is 4.79 Å². The van der Waals surface area contributed by atoms with Crippen molar-refractivity contribution >= 4 is 11.5 Å². The van der Waals surface area contributed by atoms with Crippen LogP contribution in [0.25, 0.3) is 0 Å². The molecule has 0 radical (unpaired) electrons. The lowest BCUT2D eigenvalue weighted by Crippen LogP contribution is -2.11. The van der Waals surface area contributed by atoms with Crippen LogP contribution in [0.4, 0.5) is 5.69 Å². The maximum atomic E-state index is 11.2. The predicted molar refractivity (Wildman–Crippen MR) is 47.1 cm³/mol.